The van der Waals surface area contributed by atoms with E-state index in [4.69, 9.17) is 18.9 Å². The number of hydrogen-bond donors (Lipinski definition) is 3. The molecule has 3 N–H and O–H groups in total. The van der Waals surface area contributed by atoms with Crippen LogP contribution in [0, 0.1) is 0 Å². The van der Waals surface area contributed by atoms with Gasteiger partial charge in [-0.25, -0.2) is 9.59 Å². The third-order valence-electron chi connectivity index (χ3n) is 7.69. The molecule has 254 valence electrons. The highest BCUT2D eigenvalue weighted by molar-refractivity contribution is 5.74. The second-order valence-corrected chi connectivity index (χ2v) is 12.6. The van der Waals surface area contributed by atoms with Crippen molar-refractivity contribution in [2.24, 2.45) is 0 Å². The number of likely N-dealkylation sites (tertiary alicyclic amines) is 1. The molecule has 10 nitrogen and oxygen atoms in total. The number of nitrogens with zero attached hydrogens (tertiary/aromatic N) is 1. The Bertz CT molecular complexity index is 1390. The topological polar surface area (TPSA) is 110 Å². The number of ether oxygens (including phenoxy) is 4. The fourth-order valence-corrected chi connectivity index (χ4v) is 5.25. The van der Waals surface area contributed by atoms with E-state index < -0.39 is 11.7 Å². The van der Waals surface area contributed by atoms with Crippen molar-refractivity contribution in [3.05, 3.63) is 83.9 Å². The lowest BCUT2D eigenvalue weighted by atomic mass is 10.0. The van der Waals surface area contributed by atoms with Crippen LogP contribution in [0.2, 0.25) is 0 Å². The minimum absolute atomic E-state index is 0.0376. The average molecular weight is 647 g/mol. The van der Waals surface area contributed by atoms with E-state index in [1.807, 2.05) is 74.2 Å². The number of amides is 3. The SMILES string of the molecule is COc1cc(OCCCOc2ccccc2)ccc1CCNC(=O)N1CCC(Nc2ccc(CCNC(=O)OC(C)(C)C)cc2)CC1. The summed E-state index contributed by atoms with van der Waals surface area (Å²) in [5.41, 5.74) is 2.71. The smallest absolute Gasteiger partial charge is 0.407 e. The Kier molecular flexibility index (Phi) is 13.4. The predicted molar refractivity (Wildman–Crippen MR) is 185 cm³/mol. The summed E-state index contributed by atoms with van der Waals surface area (Å²) in [6, 6.07) is 24.1. The summed E-state index contributed by atoms with van der Waals surface area (Å²) in [5, 5.41) is 9.46. The summed E-state index contributed by atoms with van der Waals surface area (Å²) < 4.78 is 22.5. The Hall–Kier alpha value is -4.60. The molecule has 3 aromatic rings. The third kappa shape index (κ3) is 12.6. The molecule has 0 bridgehead atoms. The van der Waals surface area contributed by atoms with Gasteiger partial charge in [-0.05, 0) is 87.9 Å². The van der Waals surface area contributed by atoms with Crippen LogP contribution in [0.1, 0.15) is 51.2 Å². The molecule has 4 rings (SSSR count). The molecule has 0 unspecified atom stereocenters. The van der Waals surface area contributed by atoms with Gasteiger partial charge in [-0.2, -0.15) is 0 Å². The predicted octanol–water partition coefficient (Wildman–Crippen LogP) is 6.44. The zero-order valence-corrected chi connectivity index (χ0v) is 28.2. The van der Waals surface area contributed by atoms with Gasteiger partial charge in [0.1, 0.15) is 22.8 Å². The van der Waals surface area contributed by atoms with Crippen molar-refractivity contribution in [3.8, 4) is 17.2 Å². The second kappa shape index (κ2) is 17.9. The molecule has 1 heterocycles. The zero-order chi connectivity index (χ0) is 33.5. The lowest BCUT2D eigenvalue weighted by Crippen LogP contribution is -2.47. The van der Waals surface area contributed by atoms with E-state index in [0.29, 0.717) is 51.9 Å². The van der Waals surface area contributed by atoms with Crippen LogP contribution >= 0.6 is 0 Å². The first-order valence-corrected chi connectivity index (χ1v) is 16.5. The summed E-state index contributed by atoms with van der Waals surface area (Å²) >= 11 is 0. The van der Waals surface area contributed by atoms with E-state index in [9.17, 15) is 9.59 Å². The van der Waals surface area contributed by atoms with Crippen molar-refractivity contribution in [1.82, 2.24) is 15.5 Å². The number of urea groups is 1. The van der Waals surface area contributed by atoms with Gasteiger partial charge in [-0.15, -0.1) is 0 Å². The first-order chi connectivity index (χ1) is 22.7. The van der Waals surface area contributed by atoms with Gasteiger partial charge >= 0.3 is 12.1 Å². The Morgan fingerprint density at radius 2 is 1.51 bits per heavy atom. The van der Waals surface area contributed by atoms with Crippen molar-refractivity contribution < 1.29 is 28.5 Å². The Balaban J connectivity index is 1.10. The van der Waals surface area contributed by atoms with Crippen LogP contribution in [0.25, 0.3) is 0 Å². The number of hydrogen-bond acceptors (Lipinski definition) is 7. The molecule has 1 fully saturated rings. The molecule has 1 saturated heterocycles. The quantitative estimate of drug-likeness (QED) is 0.163. The number of piperidine rings is 1. The first kappa shape index (κ1) is 35.3. The molecule has 0 aromatic heterocycles. The van der Waals surface area contributed by atoms with Crippen LogP contribution in [0.5, 0.6) is 17.2 Å². The molecule has 0 spiro atoms. The van der Waals surface area contributed by atoms with Crippen LogP contribution in [0.15, 0.2) is 72.8 Å². The molecule has 0 atom stereocenters. The number of para-hydroxylation sites is 1. The van der Waals surface area contributed by atoms with E-state index in [1.165, 1.54) is 0 Å². The van der Waals surface area contributed by atoms with Gasteiger partial charge in [-0.3, -0.25) is 0 Å². The Morgan fingerprint density at radius 1 is 0.830 bits per heavy atom. The third-order valence-corrected chi connectivity index (χ3v) is 7.69. The molecular formula is C37H50N4O6. The largest absolute Gasteiger partial charge is 0.496 e. The molecule has 10 heteroatoms. The van der Waals surface area contributed by atoms with Crippen LogP contribution in [0.3, 0.4) is 0 Å². The van der Waals surface area contributed by atoms with Crippen LogP contribution in [-0.2, 0) is 17.6 Å². The van der Waals surface area contributed by atoms with Crippen molar-refractivity contribution in [2.75, 3.05) is 51.8 Å². The molecule has 0 saturated carbocycles. The average Bonchev–Trinajstić information content (AvgIpc) is 3.06. The maximum Gasteiger partial charge on any atom is 0.407 e. The zero-order valence-electron chi connectivity index (χ0n) is 28.2. The normalized spacial score (nSPS) is 13.4. The Labute approximate surface area is 279 Å². The van der Waals surface area contributed by atoms with E-state index in [2.05, 4.69) is 40.2 Å². The highest BCUT2D eigenvalue weighted by Gasteiger charge is 2.22. The number of rotatable bonds is 15. The molecular weight excluding hydrogens is 596 g/mol. The van der Waals surface area contributed by atoms with Crippen LogP contribution in [-0.4, -0.2) is 75.2 Å². The molecule has 1 aliphatic rings. The highest BCUT2D eigenvalue weighted by Crippen LogP contribution is 2.25. The number of benzene rings is 3. The van der Waals surface area contributed by atoms with Gasteiger partial charge < -0.3 is 39.8 Å². The number of anilines is 1. The van der Waals surface area contributed by atoms with E-state index in [1.54, 1.807) is 7.11 Å². The Morgan fingerprint density at radius 3 is 2.19 bits per heavy atom. The van der Waals surface area contributed by atoms with E-state index in [-0.39, 0.29) is 6.03 Å². The van der Waals surface area contributed by atoms with Gasteiger partial charge in [0.05, 0.1) is 20.3 Å². The number of alkyl carbamates (subject to hydrolysis) is 1. The number of carbonyl (C=O) groups excluding carboxylic acids is 2. The van der Waals surface area contributed by atoms with Crippen molar-refractivity contribution >= 4 is 17.8 Å². The second-order valence-electron chi connectivity index (χ2n) is 12.6. The van der Waals surface area contributed by atoms with Crippen LogP contribution < -0.4 is 30.2 Å². The first-order valence-electron chi connectivity index (χ1n) is 16.5. The number of nitrogens with one attached hydrogen (secondary N) is 3. The summed E-state index contributed by atoms with van der Waals surface area (Å²) in [6.07, 6.45) is 3.51. The number of methoxy groups -OCH3 is 1. The van der Waals surface area contributed by atoms with E-state index >= 15 is 0 Å². The standard InChI is InChI=1S/C37H50N4O6/c1-37(2,3)47-36(43)39-21-17-28-11-14-30(15-12-28)40-31-19-23-41(24-20-31)35(42)38-22-18-29-13-16-33(27-34(29)44-4)46-26-8-25-45-32-9-6-5-7-10-32/h5-7,9-16,27,31,40H,8,17-26H2,1-4H3,(H,38,42)(H,39,43). The molecule has 47 heavy (non-hydrogen) atoms. The monoisotopic (exact) mass is 646 g/mol. The fourth-order valence-electron chi connectivity index (χ4n) is 5.25. The summed E-state index contributed by atoms with van der Waals surface area (Å²) in [6.45, 7) is 9.10. The van der Waals surface area contributed by atoms with E-state index in [0.717, 1.165) is 59.7 Å². The lowest BCUT2D eigenvalue weighted by Gasteiger charge is -2.33. The lowest BCUT2D eigenvalue weighted by molar-refractivity contribution is 0.0528. The summed E-state index contributed by atoms with van der Waals surface area (Å²) in [4.78, 5) is 26.6. The molecule has 3 amide bonds. The van der Waals surface area contributed by atoms with Crippen molar-refractivity contribution in [2.45, 2.75) is 64.5 Å². The van der Waals surface area contributed by atoms with Gasteiger partial charge in [0.2, 0.25) is 0 Å². The molecule has 3 aromatic carbocycles. The minimum Gasteiger partial charge on any atom is -0.496 e. The maximum absolute atomic E-state index is 12.9. The fraction of sp³-hybridized carbons (Fsp3) is 0.459. The van der Waals surface area contributed by atoms with Gasteiger partial charge in [0, 0.05) is 50.4 Å². The van der Waals surface area contributed by atoms with Crippen molar-refractivity contribution in [3.63, 3.8) is 0 Å². The molecule has 0 radical (unpaired) electrons. The van der Waals surface area contributed by atoms with Gasteiger partial charge in [-0.1, -0.05) is 36.4 Å². The number of carbonyl (C=O) groups is 2. The van der Waals surface area contributed by atoms with Gasteiger partial charge in [0.15, 0.2) is 0 Å². The maximum atomic E-state index is 12.9. The molecule has 0 aliphatic carbocycles. The molecule has 1 aliphatic heterocycles. The minimum atomic E-state index is -0.503. The highest BCUT2D eigenvalue weighted by atomic mass is 16.6. The summed E-state index contributed by atoms with van der Waals surface area (Å²) in [7, 11) is 1.65. The van der Waals surface area contributed by atoms with Gasteiger partial charge in [0.25, 0.3) is 0 Å². The summed E-state index contributed by atoms with van der Waals surface area (Å²) in [5.74, 6) is 2.35. The van der Waals surface area contributed by atoms with Crippen LogP contribution in [0.4, 0.5) is 15.3 Å². The van der Waals surface area contributed by atoms with Crippen molar-refractivity contribution in [1.29, 1.82) is 0 Å².